The van der Waals surface area contributed by atoms with Gasteiger partial charge in [-0.15, -0.1) is 0 Å². The Hall–Kier alpha value is -1.91. The number of aryl methyl sites for hydroxylation is 1. The van der Waals surface area contributed by atoms with E-state index in [4.69, 9.17) is 9.31 Å². The molecule has 3 rings (SSSR count). The van der Waals surface area contributed by atoms with Gasteiger partial charge in [0.25, 0.3) is 0 Å². The first-order valence-electron chi connectivity index (χ1n) is 9.20. The minimum atomic E-state index is -0.449. The van der Waals surface area contributed by atoms with Gasteiger partial charge in [0.15, 0.2) is 5.78 Å². The summed E-state index contributed by atoms with van der Waals surface area (Å²) < 4.78 is 12.5. The maximum Gasteiger partial charge on any atom is 0.466 e. The van der Waals surface area contributed by atoms with Gasteiger partial charge in [-0.3, -0.25) is 4.79 Å². The molecular formula is C22H27BO3. The van der Waals surface area contributed by atoms with Crippen molar-refractivity contribution in [1.29, 1.82) is 0 Å². The van der Waals surface area contributed by atoms with Crippen LogP contribution in [-0.4, -0.2) is 24.1 Å². The first kappa shape index (κ1) is 18.9. The summed E-state index contributed by atoms with van der Waals surface area (Å²) in [5, 5.41) is 0. The third kappa shape index (κ3) is 3.77. The largest absolute Gasteiger partial charge is 0.466 e. The first-order chi connectivity index (χ1) is 12.2. The Morgan fingerprint density at radius 2 is 1.46 bits per heavy atom. The standard InChI is InChI=1S/C22H27BO3/c1-16-11-13-17(14-12-16)19(15-20(24)18-9-7-6-8-10-18)23-25-21(2,3)22(4,5)26-23/h6-14,19H,15H2,1-5H3. The van der Waals surface area contributed by atoms with E-state index in [0.29, 0.717) is 6.42 Å². The van der Waals surface area contributed by atoms with Crippen LogP contribution in [0.25, 0.3) is 0 Å². The summed E-state index contributed by atoms with van der Waals surface area (Å²) in [6.07, 6.45) is 0.351. The third-order valence-corrected chi connectivity index (χ3v) is 5.61. The number of carbonyl (C=O) groups excluding carboxylic acids is 1. The van der Waals surface area contributed by atoms with Crippen LogP contribution in [0, 0.1) is 6.92 Å². The Balaban J connectivity index is 1.90. The van der Waals surface area contributed by atoms with Gasteiger partial charge in [-0.1, -0.05) is 60.2 Å². The molecule has 0 spiro atoms. The average molecular weight is 350 g/mol. The van der Waals surface area contributed by atoms with Crippen LogP contribution < -0.4 is 0 Å². The molecule has 0 saturated carbocycles. The molecule has 1 unspecified atom stereocenters. The van der Waals surface area contributed by atoms with Crippen molar-refractivity contribution < 1.29 is 14.1 Å². The zero-order valence-electron chi connectivity index (χ0n) is 16.3. The molecule has 3 nitrogen and oxygen atoms in total. The van der Waals surface area contributed by atoms with E-state index >= 15 is 0 Å². The van der Waals surface area contributed by atoms with Gasteiger partial charge in [0.2, 0.25) is 0 Å². The van der Waals surface area contributed by atoms with Crippen molar-refractivity contribution >= 4 is 12.9 Å². The quantitative estimate of drug-likeness (QED) is 0.563. The molecular weight excluding hydrogens is 323 g/mol. The number of hydrogen-bond acceptors (Lipinski definition) is 3. The van der Waals surface area contributed by atoms with Gasteiger partial charge in [-0.25, -0.2) is 0 Å². The highest BCUT2D eigenvalue weighted by atomic mass is 16.7. The minimum Gasteiger partial charge on any atom is -0.403 e. The normalized spacial score (nSPS) is 19.3. The lowest BCUT2D eigenvalue weighted by molar-refractivity contribution is 0.00578. The van der Waals surface area contributed by atoms with E-state index in [2.05, 4.69) is 31.2 Å². The van der Waals surface area contributed by atoms with Crippen molar-refractivity contribution in [3.05, 3.63) is 71.3 Å². The molecule has 0 N–H and O–H groups in total. The summed E-state index contributed by atoms with van der Waals surface area (Å²) in [7, 11) is -0.449. The molecule has 2 aromatic rings. The summed E-state index contributed by atoms with van der Waals surface area (Å²) in [6, 6.07) is 17.7. The summed E-state index contributed by atoms with van der Waals surface area (Å²) in [6.45, 7) is 10.2. The zero-order valence-corrected chi connectivity index (χ0v) is 16.3. The molecule has 26 heavy (non-hydrogen) atoms. The highest BCUT2D eigenvalue weighted by molar-refractivity contribution is 6.48. The summed E-state index contributed by atoms with van der Waals surface area (Å²) in [5.41, 5.74) is 2.14. The van der Waals surface area contributed by atoms with Crippen LogP contribution in [-0.2, 0) is 9.31 Å². The van der Waals surface area contributed by atoms with Crippen LogP contribution in [0.1, 0.15) is 61.4 Å². The zero-order chi connectivity index (χ0) is 18.9. The van der Waals surface area contributed by atoms with Crippen molar-refractivity contribution in [3.8, 4) is 0 Å². The van der Waals surface area contributed by atoms with Gasteiger partial charge in [0.1, 0.15) is 0 Å². The van der Waals surface area contributed by atoms with Gasteiger partial charge >= 0.3 is 7.12 Å². The smallest absolute Gasteiger partial charge is 0.403 e. The highest BCUT2D eigenvalue weighted by Crippen LogP contribution is 2.42. The first-order valence-corrected chi connectivity index (χ1v) is 9.20. The van der Waals surface area contributed by atoms with Crippen molar-refractivity contribution in [3.63, 3.8) is 0 Å². The van der Waals surface area contributed by atoms with E-state index < -0.39 is 18.3 Å². The molecule has 0 radical (unpaired) electrons. The molecule has 0 aliphatic carbocycles. The number of hydrogen-bond donors (Lipinski definition) is 0. The minimum absolute atomic E-state index is 0.103. The second-order valence-electron chi connectivity index (χ2n) is 8.14. The molecule has 1 saturated heterocycles. The number of Topliss-reactive ketones (excluding diaryl/α,β-unsaturated/α-hetero) is 1. The predicted molar refractivity (Wildman–Crippen MR) is 105 cm³/mol. The molecule has 0 bridgehead atoms. The molecule has 0 aromatic heterocycles. The molecule has 136 valence electrons. The Bertz CT molecular complexity index is 750. The Kier molecular flexibility index (Phi) is 5.09. The lowest BCUT2D eigenvalue weighted by Gasteiger charge is -2.32. The maximum absolute atomic E-state index is 12.9. The average Bonchev–Trinajstić information content (AvgIpc) is 2.82. The van der Waals surface area contributed by atoms with E-state index in [1.807, 2.05) is 58.0 Å². The van der Waals surface area contributed by atoms with Crippen LogP contribution in [0.15, 0.2) is 54.6 Å². The fraction of sp³-hybridized carbons (Fsp3) is 0.409. The maximum atomic E-state index is 12.9. The van der Waals surface area contributed by atoms with Crippen LogP contribution in [0.3, 0.4) is 0 Å². The summed E-state index contributed by atoms with van der Waals surface area (Å²) in [5.74, 6) is -0.0461. The lowest BCUT2D eigenvalue weighted by Crippen LogP contribution is -2.41. The second-order valence-corrected chi connectivity index (χ2v) is 8.14. The van der Waals surface area contributed by atoms with Crippen LogP contribution in [0.5, 0.6) is 0 Å². The van der Waals surface area contributed by atoms with Crippen molar-refractivity contribution in [2.24, 2.45) is 0 Å². The van der Waals surface area contributed by atoms with Gasteiger partial charge in [-0.05, 0) is 40.2 Å². The third-order valence-electron chi connectivity index (χ3n) is 5.61. The Morgan fingerprint density at radius 1 is 0.923 bits per heavy atom. The molecule has 1 heterocycles. The van der Waals surface area contributed by atoms with Crippen molar-refractivity contribution in [2.75, 3.05) is 0 Å². The number of rotatable bonds is 5. The van der Waals surface area contributed by atoms with Crippen molar-refractivity contribution in [1.82, 2.24) is 0 Å². The number of benzene rings is 2. The topological polar surface area (TPSA) is 35.5 Å². The number of ketones is 1. The van der Waals surface area contributed by atoms with E-state index in [1.54, 1.807) is 0 Å². The van der Waals surface area contributed by atoms with Crippen LogP contribution in [0.2, 0.25) is 0 Å². The summed E-state index contributed by atoms with van der Waals surface area (Å²) >= 11 is 0. The van der Waals surface area contributed by atoms with E-state index in [1.165, 1.54) is 5.56 Å². The Labute approximate surface area is 156 Å². The highest BCUT2D eigenvalue weighted by Gasteiger charge is 2.54. The van der Waals surface area contributed by atoms with E-state index in [9.17, 15) is 4.79 Å². The lowest BCUT2D eigenvalue weighted by atomic mass is 9.65. The van der Waals surface area contributed by atoms with Gasteiger partial charge < -0.3 is 9.31 Å². The summed E-state index contributed by atoms with van der Waals surface area (Å²) in [4.78, 5) is 12.9. The molecule has 1 aliphatic heterocycles. The molecule has 0 amide bonds. The molecule has 2 aromatic carbocycles. The fourth-order valence-electron chi connectivity index (χ4n) is 3.18. The monoisotopic (exact) mass is 350 g/mol. The fourth-order valence-corrected chi connectivity index (χ4v) is 3.18. The predicted octanol–water partition coefficient (Wildman–Crippen LogP) is 4.98. The van der Waals surface area contributed by atoms with Crippen molar-refractivity contribution in [2.45, 2.75) is 58.1 Å². The molecule has 4 heteroatoms. The second kappa shape index (κ2) is 7.01. The van der Waals surface area contributed by atoms with Crippen LogP contribution >= 0.6 is 0 Å². The SMILES string of the molecule is Cc1ccc(C(CC(=O)c2ccccc2)B2OC(C)(C)C(C)(C)O2)cc1. The Morgan fingerprint density at radius 3 is 2.00 bits per heavy atom. The molecule has 1 aliphatic rings. The van der Waals surface area contributed by atoms with E-state index in [-0.39, 0.29) is 11.6 Å². The molecule has 1 fully saturated rings. The van der Waals surface area contributed by atoms with E-state index in [0.717, 1.165) is 11.1 Å². The number of carbonyl (C=O) groups is 1. The van der Waals surface area contributed by atoms with Gasteiger partial charge in [0, 0.05) is 17.8 Å². The van der Waals surface area contributed by atoms with Gasteiger partial charge in [-0.2, -0.15) is 0 Å². The molecule has 1 atom stereocenters. The van der Waals surface area contributed by atoms with Crippen LogP contribution in [0.4, 0.5) is 0 Å². The van der Waals surface area contributed by atoms with Gasteiger partial charge in [0.05, 0.1) is 11.2 Å².